The smallest absolute Gasteiger partial charge is 0.416 e. The number of nitrogens with zero attached hydrogens (tertiary/aromatic N) is 1. The Morgan fingerprint density at radius 3 is 2.16 bits per heavy atom. The van der Waals surface area contributed by atoms with Crippen LogP contribution in [0, 0.1) is 0 Å². The van der Waals surface area contributed by atoms with Crippen LogP contribution in [0.25, 0.3) is 11.3 Å². The lowest BCUT2D eigenvalue weighted by atomic mass is 10.0. The lowest BCUT2D eigenvalue weighted by molar-refractivity contribution is -0.143. The zero-order chi connectivity index (χ0) is 26.8. The third kappa shape index (κ3) is 6.39. The lowest BCUT2D eigenvalue weighted by Crippen LogP contribution is -2.17. The van der Waals surface area contributed by atoms with E-state index in [1.807, 2.05) is 12.1 Å². The summed E-state index contributed by atoms with van der Waals surface area (Å²) in [5.41, 5.74) is -1.87. The van der Waals surface area contributed by atoms with Crippen molar-refractivity contribution in [3.63, 3.8) is 0 Å². The van der Waals surface area contributed by atoms with Crippen molar-refractivity contribution >= 4 is 33.8 Å². The largest absolute Gasteiger partial charge is 0.497 e. The minimum Gasteiger partial charge on any atom is -0.497 e. The highest BCUT2D eigenvalue weighted by Crippen LogP contribution is 2.36. The molecule has 4 aromatic rings. The van der Waals surface area contributed by atoms with Gasteiger partial charge in [-0.2, -0.15) is 26.3 Å². The van der Waals surface area contributed by atoms with Gasteiger partial charge in [-0.3, -0.25) is 4.79 Å². The highest BCUT2D eigenvalue weighted by atomic mass is 32.1. The predicted molar refractivity (Wildman–Crippen MR) is 128 cm³/mol. The van der Waals surface area contributed by atoms with E-state index in [2.05, 4.69) is 15.6 Å². The van der Waals surface area contributed by atoms with Crippen molar-refractivity contribution < 1.29 is 35.9 Å². The molecule has 0 unspecified atom stereocenters. The molecule has 0 saturated heterocycles. The molecule has 0 bridgehead atoms. The molecule has 0 aliphatic heterocycles. The fourth-order valence-corrected chi connectivity index (χ4v) is 4.07. The van der Waals surface area contributed by atoms with Gasteiger partial charge in [0.25, 0.3) is 5.91 Å². The number of carbonyl (C=O) groups is 1. The van der Waals surface area contributed by atoms with Crippen LogP contribution in [-0.4, -0.2) is 18.0 Å². The second kappa shape index (κ2) is 10.1. The number of rotatable bonds is 6. The van der Waals surface area contributed by atoms with E-state index >= 15 is 0 Å². The van der Waals surface area contributed by atoms with Crippen LogP contribution in [0.15, 0.2) is 72.1 Å². The van der Waals surface area contributed by atoms with Gasteiger partial charge in [-0.05, 0) is 42.5 Å². The summed E-state index contributed by atoms with van der Waals surface area (Å²) in [6, 6.07) is 14.2. The number of nitrogens with one attached hydrogen (secondary N) is 2. The van der Waals surface area contributed by atoms with Gasteiger partial charge in [-0.15, -0.1) is 11.3 Å². The van der Waals surface area contributed by atoms with E-state index < -0.39 is 35.0 Å². The predicted octanol–water partition coefficient (Wildman–Crippen LogP) is 7.85. The molecule has 1 heterocycles. The highest BCUT2D eigenvalue weighted by molar-refractivity contribution is 7.14. The number of hydrogen-bond donors (Lipinski definition) is 2. The number of carbonyl (C=O) groups excluding carboxylic acids is 1. The molecule has 0 fully saturated rings. The maximum Gasteiger partial charge on any atom is 0.416 e. The first-order valence-corrected chi connectivity index (χ1v) is 11.4. The second-order valence-electron chi connectivity index (χ2n) is 7.72. The van der Waals surface area contributed by atoms with Gasteiger partial charge in [0.2, 0.25) is 0 Å². The number of amides is 1. The van der Waals surface area contributed by atoms with Crippen molar-refractivity contribution in [1.82, 2.24) is 4.98 Å². The number of methoxy groups -OCH3 is 1. The Balaban J connectivity index is 1.55. The van der Waals surface area contributed by atoms with Crippen LogP contribution in [0.1, 0.15) is 21.5 Å². The van der Waals surface area contributed by atoms with Crippen molar-refractivity contribution in [3.8, 4) is 17.0 Å². The molecule has 2 N–H and O–H groups in total. The molecule has 0 aliphatic carbocycles. The Morgan fingerprint density at radius 1 is 0.865 bits per heavy atom. The molecule has 0 radical (unpaired) electrons. The average Bonchev–Trinajstić information content (AvgIpc) is 3.31. The Kier molecular flexibility index (Phi) is 7.12. The molecular formula is C25H17F6N3O2S. The highest BCUT2D eigenvalue weighted by Gasteiger charge is 2.37. The molecule has 1 amide bonds. The van der Waals surface area contributed by atoms with Crippen LogP contribution < -0.4 is 15.4 Å². The van der Waals surface area contributed by atoms with Gasteiger partial charge < -0.3 is 15.4 Å². The molecule has 0 atom stereocenters. The van der Waals surface area contributed by atoms with Crippen molar-refractivity contribution in [1.29, 1.82) is 0 Å². The minimum absolute atomic E-state index is 0.0310. The van der Waals surface area contributed by atoms with Crippen molar-refractivity contribution in [2.24, 2.45) is 0 Å². The van der Waals surface area contributed by atoms with E-state index in [9.17, 15) is 31.1 Å². The fourth-order valence-electron chi connectivity index (χ4n) is 3.33. The molecule has 3 aromatic carbocycles. The molecule has 12 heteroatoms. The molecule has 1 aromatic heterocycles. The Hall–Kier alpha value is -4.06. The maximum absolute atomic E-state index is 13.1. The van der Waals surface area contributed by atoms with Gasteiger partial charge >= 0.3 is 12.4 Å². The van der Waals surface area contributed by atoms with Crippen molar-refractivity contribution in [2.45, 2.75) is 12.4 Å². The van der Waals surface area contributed by atoms with Crippen molar-refractivity contribution in [2.75, 3.05) is 17.7 Å². The number of benzene rings is 3. The Morgan fingerprint density at radius 2 is 1.51 bits per heavy atom. The number of anilines is 3. The lowest BCUT2D eigenvalue weighted by Gasteiger charge is -2.14. The molecule has 5 nitrogen and oxygen atoms in total. The molecule has 192 valence electrons. The SMILES string of the molecule is COc1cccc(Nc2nc(-c3cccc(NC(=O)c4cc(C(F)(F)F)cc(C(F)(F)F)c4)c3)cs2)c1. The maximum atomic E-state index is 13.1. The molecule has 37 heavy (non-hydrogen) atoms. The quantitative estimate of drug-likeness (QED) is 0.246. The number of halogens is 6. The fraction of sp³-hybridized carbons (Fsp3) is 0.120. The summed E-state index contributed by atoms with van der Waals surface area (Å²) < 4.78 is 84.0. The average molecular weight is 537 g/mol. The number of thiazole rings is 1. The van der Waals surface area contributed by atoms with E-state index in [-0.39, 0.29) is 11.8 Å². The summed E-state index contributed by atoms with van der Waals surface area (Å²) in [6.07, 6.45) is -10.1. The van der Waals surface area contributed by atoms with Gasteiger partial charge in [0.1, 0.15) is 5.75 Å². The van der Waals surface area contributed by atoms with Gasteiger partial charge in [-0.1, -0.05) is 18.2 Å². The molecular weight excluding hydrogens is 520 g/mol. The molecule has 0 spiro atoms. The first-order valence-electron chi connectivity index (χ1n) is 10.5. The summed E-state index contributed by atoms with van der Waals surface area (Å²) in [4.78, 5) is 17.1. The first kappa shape index (κ1) is 26.0. The van der Waals surface area contributed by atoms with Crippen LogP contribution in [0.2, 0.25) is 0 Å². The summed E-state index contributed by atoms with van der Waals surface area (Å²) >= 11 is 1.31. The third-order valence-corrected chi connectivity index (χ3v) is 5.85. The number of alkyl halides is 6. The van der Waals surface area contributed by atoms with Gasteiger partial charge in [0.05, 0.1) is 23.9 Å². The van der Waals surface area contributed by atoms with E-state index in [4.69, 9.17) is 4.74 Å². The van der Waals surface area contributed by atoms with Gasteiger partial charge in [0.15, 0.2) is 5.13 Å². The topological polar surface area (TPSA) is 63.2 Å². The number of aromatic nitrogens is 1. The second-order valence-corrected chi connectivity index (χ2v) is 8.58. The van der Waals surface area contributed by atoms with Crippen LogP contribution in [-0.2, 0) is 12.4 Å². The summed E-state index contributed by atoms with van der Waals surface area (Å²) in [5.74, 6) is -0.458. The monoisotopic (exact) mass is 537 g/mol. The summed E-state index contributed by atoms with van der Waals surface area (Å²) in [7, 11) is 1.55. The zero-order valence-electron chi connectivity index (χ0n) is 18.9. The zero-order valence-corrected chi connectivity index (χ0v) is 19.7. The third-order valence-electron chi connectivity index (χ3n) is 5.09. The van der Waals surface area contributed by atoms with E-state index in [1.54, 1.807) is 36.8 Å². The molecule has 0 aliphatic rings. The normalized spacial score (nSPS) is 11.8. The van der Waals surface area contributed by atoms with Crippen molar-refractivity contribution in [3.05, 3.63) is 88.8 Å². The van der Waals surface area contributed by atoms with E-state index in [1.165, 1.54) is 23.5 Å². The Labute approximate surface area is 210 Å². The molecule has 0 saturated carbocycles. The summed E-state index contributed by atoms with van der Waals surface area (Å²) in [5, 5.41) is 7.83. The molecule has 4 rings (SSSR count). The van der Waals surface area contributed by atoms with Gasteiger partial charge in [0, 0.05) is 33.9 Å². The van der Waals surface area contributed by atoms with Gasteiger partial charge in [-0.25, -0.2) is 4.98 Å². The standard InChI is InChI=1S/C25H17F6N3O2S/c1-36-20-7-3-6-19(12-20)33-23-34-21(13-37-23)14-4-2-5-18(10-14)32-22(35)15-8-16(24(26,27)28)11-17(9-15)25(29,30)31/h2-13H,1H3,(H,32,35)(H,33,34). The van der Waals surface area contributed by atoms with Crippen LogP contribution in [0.4, 0.5) is 42.8 Å². The number of hydrogen-bond acceptors (Lipinski definition) is 5. The van der Waals surface area contributed by atoms with Crippen LogP contribution in [0.5, 0.6) is 5.75 Å². The number of ether oxygens (including phenoxy) is 1. The first-order chi connectivity index (χ1) is 17.4. The van der Waals surface area contributed by atoms with E-state index in [0.29, 0.717) is 34.3 Å². The van der Waals surface area contributed by atoms with Crippen LogP contribution in [0.3, 0.4) is 0 Å². The summed E-state index contributed by atoms with van der Waals surface area (Å²) in [6.45, 7) is 0. The van der Waals surface area contributed by atoms with E-state index in [0.717, 1.165) is 5.69 Å². The minimum atomic E-state index is -5.06. The van der Waals surface area contributed by atoms with Crippen LogP contribution >= 0.6 is 11.3 Å². The Bertz CT molecular complexity index is 1400.